The molecule has 0 saturated heterocycles. The summed E-state index contributed by atoms with van der Waals surface area (Å²) in [5.41, 5.74) is 12.9. The molecule has 1 N–H and O–H groups in total. The van der Waals surface area contributed by atoms with Crippen molar-refractivity contribution in [1.29, 1.82) is 0 Å². The van der Waals surface area contributed by atoms with Crippen molar-refractivity contribution in [1.82, 2.24) is 14.9 Å². The van der Waals surface area contributed by atoms with Crippen molar-refractivity contribution in [3.63, 3.8) is 0 Å². The van der Waals surface area contributed by atoms with Gasteiger partial charge in [0.05, 0.1) is 36.4 Å². The van der Waals surface area contributed by atoms with Crippen LogP contribution in [0.3, 0.4) is 0 Å². The normalized spacial score (nSPS) is 18.0. The zero-order valence-electron chi connectivity index (χ0n) is 29.5. The van der Waals surface area contributed by atoms with E-state index in [0.29, 0.717) is 11.7 Å². The Labute approximate surface area is 317 Å². The van der Waals surface area contributed by atoms with Crippen LogP contribution < -0.4 is 4.90 Å². The van der Waals surface area contributed by atoms with E-state index >= 15 is 0 Å². The number of phenolic OH excluding ortho intramolecular Hbond substituents is 1. The van der Waals surface area contributed by atoms with Gasteiger partial charge in [-0.25, -0.2) is 4.98 Å². The molecule has 0 unspecified atom stereocenters. The zero-order chi connectivity index (χ0) is 33.9. The molecule has 0 bridgehead atoms. The molecule has 9 rings (SSSR count). The van der Waals surface area contributed by atoms with Crippen molar-refractivity contribution >= 4 is 19.5 Å². The fourth-order valence-corrected chi connectivity index (χ4v) is 14.6. The first-order chi connectivity index (χ1) is 24.4. The minimum atomic E-state index is -1.64. The summed E-state index contributed by atoms with van der Waals surface area (Å²) in [7, 11) is -1.64. The quantitative estimate of drug-likeness (QED) is 0.136. The van der Waals surface area contributed by atoms with Gasteiger partial charge in [0.15, 0.2) is 0 Å². The third-order valence-corrected chi connectivity index (χ3v) is 16.4. The first-order valence-electron chi connectivity index (χ1n) is 18.4. The predicted molar refractivity (Wildman–Crippen MR) is 204 cm³/mol. The van der Waals surface area contributed by atoms with Gasteiger partial charge in [0, 0.05) is 33.0 Å². The van der Waals surface area contributed by atoms with Crippen LogP contribution in [0.15, 0.2) is 109 Å². The standard InChI is InChI=1S/C44H45N4OSi.Pt/c1-44(2,42-24-36-28-50(26-34-17-9-10-18-35(34)27-50)29-37(36)43(46-42)38-19-11-12-22-45-38)48-30-47(25-40(48)32-15-7-4-8-16-32)39-23-33(20-21-41(39)49)31-13-5-3-6-14-31;/h4,7-12,15-25,30-31,49H,3,5-6,13-14,26-29H2,1-2H3;/q-1;. The SMILES string of the molecule is CC(C)(c1cc2c(c(-c3ccccn3)n1)C[Si]1(Cc3ccccc3C1)C2)N1[CH-]N(c2cc(C3CCCCC3)ccc2O)C=C1c1ccccc1.[Pt]. The second kappa shape index (κ2) is 13.5. The second-order valence-corrected chi connectivity index (χ2v) is 20.0. The molecule has 1 aliphatic carbocycles. The summed E-state index contributed by atoms with van der Waals surface area (Å²) in [5.74, 6) is 0.848. The Bertz CT molecular complexity index is 2070. The van der Waals surface area contributed by atoms with Gasteiger partial charge >= 0.3 is 0 Å². The molecule has 7 heteroatoms. The summed E-state index contributed by atoms with van der Waals surface area (Å²) in [6.07, 6.45) is 10.4. The molecule has 0 radical (unpaired) electrons. The summed E-state index contributed by atoms with van der Waals surface area (Å²) >= 11 is 0. The van der Waals surface area contributed by atoms with Gasteiger partial charge in [0.25, 0.3) is 0 Å². The van der Waals surface area contributed by atoms with Crippen LogP contribution in [0.1, 0.15) is 90.9 Å². The number of benzene rings is 3. The van der Waals surface area contributed by atoms with Gasteiger partial charge in [0.2, 0.25) is 0 Å². The third-order valence-electron chi connectivity index (χ3n) is 11.9. The van der Waals surface area contributed by atoms with Crippen molar-refractivity contribution in [3.8, 4) is 17.1 Å². The molecule has 4 aliphatic rings. The van der Waals surface area contributed by atoms with E-state index in [1.165, 1.54) is 66.9 Å². The Balaban J connectivity index is 0.00000374. The van der Waals surface area contributed by atoms with E-state index in [-0.39, 0.29) is 21.1 Å². The average Bonchev–Trinajstić information content (AvgIpc) is 3.86. The molecular formula is C44H45N4OPtSi-. The molecule has 3 aromatic carbocycles. The van der Waals surface area contributed by atoms with Crippen LogP contribution in [0.25, 0.3) is 17.1 Å². The molecule has 262 valence electrons. The first kappa shape index (κ1) is 34.1. The maximum atomic E-state index is 11.3. The van der Waals surface area contributed by atoms with Gasteiger partial charge in [-0.2, -0.15) is 0 Å². The molecule has 0 amide bonds. The van der Waals surface area contributed by atoms with Crippen LogP contribution in [-0.2, 0) is 50.8 Å². The minimum absolute atomic E-state index is 0. The predicted octanol–water partition coefficient (Wildman–Crippen LogP) is 9.57. The fourth-order valence-electron chi connectivity index (χ4n) is 9.25. The van der Waals surface area contributed by atoms with Crippen molar-refractivity contribution in [2.24, 2.45) is 0 Å². The molecule has 3 aliphatic heterocycles. The van der Waals surface area contributed by atoms with E-state index in [1.807, 2.05) is 18.3 Å². The van der Waals surface area contributed by atoms with Gasteiger partial charge in [-0.3, -0.25) is 4.98 Å². The van der Waals surface area contributed by atoms with Gasteiger partial charge < -0.3 is 14.9 Å². The second-order valence-electron chi connectivity index (χ2n) is 15.6. The van der Waals surface area contributed by atoms with Gasteiger partial charge in [0.1, 0.15) is 5.75 Å². The maximum Gasteiger partial charge on any atom is 0.136 e. The molecule has 5 aromatic rings. The topological polar surface area (TPSA) is 52.5 Å². The molecule has 2 aromatic heterocycles. The molecule has 51 heavy (non-hydrogen) atoms. The summed E-state index contributed by atoms with van der Waals surface area (Å²) in [6.45, 7) is 6.74. The maximum absolute atomic E-state index is 11.3. The number of aromatic hydroxyl groups is 1. The van der Waals surface area contributed by atoms with Crippen molar-refractivity contribution < 1.29 is 26.2 Å². The van der Waals surface area contributed by atoms with Crippen LogP contribution in [0.5, 0.6) is 5.75 Å². The van der Waals surface area contributed by atoms with Crippen molar-refractivity contribution in [3.05, 3.63) is 155 Å². The van der Waals surface area contributed by atoms with Crippen LogP contribution in [-0.4, -0.2) is 28.0 Å². The fraction of sp³-hybridized carbons (Fsp3) is 0.295. The van der Waals surface area contributed by atoms with Crippen LogP contribution in [0.4, 0.5) is 5.69 Å². The monoisotopic (exact) mass is 868 g/mol. The third kappa shape index (κ3) is 6.19. The number of pyridine rings is 2. The van der Waals surface area contributed by atoms with Gasteiger partial charge in [-0.1, -0.05) is 86.0 Å². The Kier molecular flexibility index (Phi) is 9.05. The van der Waals surface area contributed by atoms with Crippen molar-refractivity contribution in [2.45, 2.75) is 81.6 Å². The first-order valence-corrected chi connectivity index (χ1v) is 21.2. The Morgan fingerprint density at radius 2 is 1.49 bits per heavy atom. The number of hydrogen-bond donors (Lipinski definition) is 1. The molecular weight excluding hydrogens is 824 g/mol. The number of nitrogens with zero attached hydrogens (tertiary/aromatic N) is 4. The molecule has 5 nitrogen and oxygen atoms in total. The van der Waals surface area contributed by atoms with Crippen molar-refractivity contribution in [2.75, 3.05) is 4.90 Å². The molecule has 1 fully saturated rings. The number of rotatable bonds is 6. The number of fused-ring (bicyclic) bond motifs is 2. The summed E-state index contributed by atoms with van der Waals surface area (Å²) in [6, 6.07) is 39.4. The summed E-state index contributed by atoms with van der Waals surface area (Å²) in [4.78, 5) is 14.9. The van der Waals surface area contributed by atoms with Gasteiger partial charge in [-0.05, 0) is 127 Å². The number of phenols is 1. The minimum Gasteiger partial charge on any atom is -0.506 e. The van der Waals surface area contributed by atoms with Gasteiger partial charge in [-0.15, -0.1) is 6.67 Å². The van der Waals surface area contributed by atoms with E-state index in [1.54, 1.807) is 11.1 Å². The Morgan fingerprint density at radius 3 is 2.22 bits per heavy atom. The Morgan fingerprint density at radius 1 is 0.784 bits per heavy atom. The summed E-state index contributed by atoms with van der Waals surface area (Å²) in [5, 5.41) is 11.3. The van der Waals surface area contributed by atoms with Crippen LogP contribution in [0.2, 0.25) is 0 Å². The summed E-state index contributed by atoms with van der Waals surface area (Å²) < 4.78 is 0. The zero-order valence-corrected chi connectivity index (χ0v) is 32.7. The average molecular weight is 869 g/mol. The number of aromatic nitrogens is 2. The largest absolute Gasteiger partial charge is 0.506 e. The van der Waals surface area contributed by atoms with E-state index in [0.717, 1.165) is 40.1 Å². The molecule has 0 atom stereocenters. The van der Waals surface area contributed by atoms with E-state index in [2.05, 4.69) is 121 Å². The smallest absolute Gasteiger partial charge is 0.136 e. The van der Waals surface area contributed by atoms with E-state index in [9.17, 15) is 5.11 Å². The molecule has 5 heterocycles. The molecule has 1 spiro atoms. The molecule has 1 saturated carbocycles. The van der Waals surface area contributed by atoms with Crippen LogP contribution in [0, 0.1) is 6.67 Å². The van der Waals surface area contributed by atoms with E-state index < -0.39 is 13.6 Å². The number of hydrogen-bond acceptors (Lipinski definition) is 5. The van der Waals surface area contributed by atoms with E-state index in [4.69, 9.17) is 9.97 Å². The van der Waals surface area contributed by atoms with Crippen LogP contribution >= 0.6 is 0 Å². The number of anilines is 1. The Hall–Kier alpha value is -3.99.